The van der Waals surface area contributed by atoms with E-state index in [4.69, 9.17) is 9.47 Å². The van der Waals surface area contributed by atoms with Crippen molar-refractivity contribution in [1.29, 1.82) is 0 Å². The van der Waals surface area contributed by atoms with Gasteiger partial charge in [0, 0.05) is 28.8 Å². The summed E-state index contributed by atoms with van der Waals surface area (Å²) in [5.41, 5.74) is 6.26. The van der Waals surface area contributed by atoms with Crippen LogP contribution in [0.25, 0.3) is 33.2 Å². The fourth-order valence-corrected chi connectivity index (χ4v) is 3.94. The summed E-state index contributed by atoms with van der Waals surface area (Å²) in [7, 11) is 3.23. The Morgan fingerprint density at radius 2 is 1.53 bits per heavy atom. The molecule has 3 aromatic carbocycles. The quantitative estimate of drug-likeness (QED) is 0.375. The van der Waals surface area contributed by atoms with Gasteiger partial charge in [0.05, 0.1) is 38.7 Å². The first-order valence-corrected chi connectivity index (χ1v) is 10.3. The van der Waals surface area contributed by atoms with Crippen molar-refractivity contribution in [2.45, 2.75) is 6.54 Å². The first-order valence-electron chi connectivity index (χ1n) is 10.3. The summed E-state index contributed by atoms with van der Waals surface area (Å²) in [5, 5.41) is 14.0. The molecule has 0 saturated heterocycles. The van der Waals surface area contributed by atoms with Crippen molar-refractivity contribution >= 4 is 10.9 Å². The molecular formula is C26H22N4O2. The Morgan fingerprint density at radius 3 is 2.34 bits per heavy atom. The molecule has 0 spiro atoms. The van der Waals surface area contributed by atoms with Gasteiger partial charge in [0.2, 0.25) is 0 Å². The van der Waals surface area contributed by atoms with E-state index >= 15 is 0 Å². The lowest BCUT2D eigenvalue weighted by Gasteiger charge is -2.10. The summed E-state index contributed by atoms with van der Waals surface area (Å²) in [5.74, 6) is 1.28. The molecule has 0 atom stereocenters. The number of ether oxygens (including phenoxy) is 2. The normalized spacial score (nSPS) is 10.9. The third-order valence-corrected chi connectivity index (χ3v) is 5.52. The Bertz CT molecular complexity index is 1380. The van der Waals surface area contributed by atoms with Crippen LogP contribution in [0.15, 0.2) is 85.3 Å². The number of methoxy groups -OCH3 is 2. The second-order valence-electron chi connectivity index (χ2n) is 7.43. The van der Waals surface area contributed by atoms with E-state index in [1.165, 1.54) is 16.7 Å². The lowest BCUT2D eigenvalue weighted by Crippen LogP contribution is -2.01. The number of hydrogen-bond acceptors (Lipinski definition) is 5. The van der Waals surface area contributed by atoms with Gasteiger partial charge in [0.1, 0.15) is 0 Å². The number of rotatable bonds is 6. The van der Waals surface area contributed by atoms with Gasteiger partial charge in [-0.15, -0.1) is 0 Å². The molecule has 0 unspecified atom stereocenters. The number of benzene rings is 3. The molecule has 0 aliphatic heterocycles. The summed E-state index contributed by atoms with van der Waals surface area (Å²) in [6.45, 7) is 0.665. The maximum Gasteiger partial charge on any atom is 0.162 e. The predicted octanol–water partition coefficient (Wildman–Crippen LogP) is 5.23. The van der Waals surface area contributed by atoms with Crippen LogP contribution < -0.4 is 9.47 Å². The number of aromatic nitrogens is 4. The Hall–Kier alpha value is -4.19. The summed E-state index contributed by atoms with van der Waals surface area (Å²) in [6, 6.07) is 22.6. The maximum atomic E-state index is 5.48. The van der Waals surface area contributed by atoms with Gasteiger partial charge in [-0.3, -0.25) is 4.68 Å². The van der Waals surface area contributed by atoms with Gasteiger partial charge >= 0.3 is 0 Å². The van der Waals surface area contributed by atoms with E-state index < -0.39 is 0 Å². The van der Waals surface area contributed by atoms with E-state index in [1.807, 2.05) is 35.3 Å². The summed E-state index contributed by atoms with van der Waals surface area (Å²) < 4.78 is 12.8. The van der Waals surface area contributed by atoms with E-state index in [0.29, 0.717) is 18.0 Å². The molecule has 0 fully saturated rings. The summed E-state index contributed by atoms with van der Waals surface area (Å²) >= 11 is 0. The second-order valence-corrected chi connectivity index (χ2v) is 7.43. The van der Waals surface area contributed by atoms with Crippen LogP contribution in [0.4, 0.5) is 0 Å². The molecule has 0 aliphatic carbocycles. The van der Waals surface area contributed by atoms with Gasteiger partial charge in [0.15, 0.2) is 11.5 Å². The van der Waals surface area contributed by atoms with Crippen molar-refractivity contribution in [3.63, 3.8) is 0 Å². The van der Waals surface area contributed by atoms with Crippen LogP contribution in [-0.4, -0.2) is 34.2 Å². The molecule has 0 bridgehead atoms. The topological polar surface area (TPSA) is 62.1 Å². The first kappa shape index (κ1) is 19.8. The van der Waals surface area contributed by atoms with E-state index in [0.717, 1.165) is 22.0 Å². The van der Waals surface area contributed by atoms with E-state index in [1.54, 1.807) is 20.4 Å². The minimum Gasteiger partial charge on any atom is -0.493 e. The Balaban J connectivity index is 1.51. The third kappa shape index (κ3) is 3.67. The molecule has 0 aliphatic rings. The summed E-state index contributed by atoms with van der Waals surface area (Å²) in [4.78, 5) is 0. The van der Waals surface area contributed by atoms with Crippen molar-refractivity contribution < 1.29 is 9.47 Å². The monoisotopic (exact) mass is 422 g/mol. The molecule has 6 nitrogen and oxygen atoms in total. The van der Waals surface area contributed by atoms with Gasteiger partial charge < -0.3 is 9.47 Å². The minimum atomic E-state index is 0.625. The molecular weight excluding hydrogens is 400 g/mol. The van der Waals surface area contributed by atoms with Gasteiger partial charge in [-0.05, 0) is 22.8 Å². The predicted molar refractivity (Wildman–Crippen MR) is 125 cm³/mol. The standard InChI is InChI=1S/C26H22N4O2/c1-31-25-12-22-23(15-27-29-24(22)13-26(25)32-2)20-14-28-30(17-20)16-19-10-6-7-11-21(19)18-8-4-3-5-9-18/h3-15,17H,16H2,1-2H3. The minimum absolute atomic E-state index is 0.625. The fraction of sp³-hybridized carbons (Fsp3) is 0.115. The number of fused-ring (bicyclic) bond motifs is 1. The number of hydrogen-bond donors (Lipinski definition) is 0. The molecule has 0 saturated carbocycles. The highest BCUT2D eigenvalue weighted by Crippen LogP contribution is 2.35. The maximum absolute atomic E-state index is 5.48. The van der Waals surface area contributed by atoms with Gasteiger partial charge in [-0.25, -0.2) is 0 Å². The van der Waals surface area contributed by atoms with E-state index in [9.17, 15) is 0 Å². The van der Waals surface area contributed by atoms with Crippen LogP contribution in [0.5, 0.6) is 11.5 Å². The fourth-order valence-electron chi connectivity index (χ4n) is 3.94. The van der Waals surface area contributed by atoms with Crippen LogP contribution >= 0.6 is 0 Å². The van der Waals surface area contributed by atoms with Crippen molar-refractivity contribution in [3.8, 4) is 33.8 Å². The zero-order valence-corrected chi connectivity index (χ0v) is 17.9. The molecule has 6 heteroatoms. The van der Waals surface area contributed by atoms with Crippen molar-refractivity contribution in [1.82, 2.24) is 20.0 Å². The average Bonchev–Trinajstić information content (AvgIpc) is 3.31. The molecule has 0 radical (unpaired) electrons. The largest absolute Gasteiger partial charge is 0.493 e. The van der Waals surface area contributed by atoms with Crippen LogP contribution in [0.1, 0.15) is 5.56 Å². The highest BCUT2D eigenvalue weighted by Gasteiger charge is 2.13. The van der Waals surface area contributed by atoms with Crippen LogP contribution in [0.2, 0.25) is 0 Å². The summed E-state index contributed by atoms with van der Waals surface area (Å²) in [6.07, 6.45) is 5.65. The molecule has 32 heavy (non-hydrogen) atoms. The van der Waals surface area contributed by atoms with Gasteiger partial charge in [-0.2, -0.15) is 15.3 Å². The van der Waals surface area contributed by atoms with Crippen molar-refractivity contribution in [2.24, 2.45) is 0 Å². The third-order valence-electron chi connectivity index (χ3n) is 5.52. The van der Waals surface area contributed by atoms with Gasteiger partial charge in [0.25, 0.3) is 0 Å². The Labute approximate surface area is 186 Å². The van der Waals surface area contributed by atoms with E-state index in [-0.39, 0.29) is 0 Å². The zero-order chi connectivity index (χ0) is 21.9. The Morgan fingerprint density at radius 1 is 0.781 bits per heavy atom. The van der Waals surface area contributed by atoms with Crippen LogP contribution in [0, 0.1) is 0 Å². The van der Waals surface area contributed by atoms with Crippen LogP contribution in [-0.2, 0) is 6.54 Å². The highest BCUT2D eigenvalue weighted by molar-refractivity contribution is 5.95. The molecule has 0 N–H and O–H groups in total. The van der Waals surface area contributed by atoms with Gasteiger partial charge in [-0.1, -0.05) is 54.6 Å². The smallest absolute Gasteiger partial charge is 0.162 e. The molecule has 2 heterocycles. The second kappa shape index (κ2) is 8.51. The zero-order valence-electron chi connectivity index (χ0n) is 17.9. The van der Waals surface area contributed by atoms with Crippen LogP contribution in [0.3, 0.4) is 0 Å². The molecule has 5 rings (SSSR count). The van der Waals surface area contributed by atoms with E-state index in [2.05, 4.69) is 63.8 Å². The van der Waals surface area contributed by atoms with Crippen molar-refractivity contribution in [2.75, 3.05) is 14.2 Å². The number of nitrogens with zero attached hydrogens (tertiary/aromatic N) is 4. The van der Waals surface area contributed by atoms with Crippen molar-refractivity contribution in [3.05, 3.63) is 90.9 Å². The molecule has 158 valence electrons. The average molecular weight is 422 g/mol. The first-order chi connectivity index (χ1) is 15.8. The molecule has 5 aromatic rings. The lowest BCUT2D eigenvalue weighted by molar-refractivity contribution is 0.356. The molecule has 0 amide bonds. The molecule has 2 aromatic heterocycles. The highest BCUT2D eigenvalue weighted by atomic mass is 16.5. The Kier molecular flexibility index (Phi) is 5.25. The SMILES string of the molecule is COc1cc2nncc(-c3cnn(Cc4ccccc4-c4ccccc4)c3)c2cc1OC. The lowest BCUT2D eigenvalue weighted by atomic mass is 10.00.